The predicted molar refractivity (Wildman–Crippen MR) is 60.3 cm³/mol. The number of halogens is 1. The molecule has 0 unspecified atom stereocenters. The van der Waals surface area contributed by atoms with Crippen LogP contribution in [-0.2, 0) is 12.8 Å². The van der Waals surface area contributed by atoms with Crippen LogP contribution in [0.4, 0.5) is 4.39 Å². The van der Waals surface area contributed by atoms with Crippen molar-refractivity contribution in [1.29, 1.82) is 0 Å². The van der Waals surface area contributed by atoms with Crippen LogP contribution in [0.3, 0.4) is 0 Å². The third kappa shape index (κ3) is 1.47. The van der Waals surface area contributed by atoms with Crippen LogP contribution in [0.1, 0.15) is 11.1 Å². The lowest BCUT2D eigenvalue weighted by molar-refractivity contribution is 0.472. The molecule has 0 N–H and O–H groups in total. The summed E-state index contributed by atoms with van der Waals surface area (Å²) in [6.07, 6.45) is 1.52. The van der Waals surface area contributed by atoms with Crippen molar-refractivity contribution in [2.75, 3.05) is 0 Å². The summed E-state index contributed by atoms with van der Waals surface area (Å²) in [5.74, 6) is 1.31. The van der Waals surface area contributed by atoms with E-state index in [-0.39, 0.29) is 5.82 Å². The summed E-state index contributed by atoms with van der Waals surface area (Å²) >= 11 is 0. The lowest BCUT2D eigenvalue weighted by Crippen LogP contribution is -1.92. The topological polar surface area (TPSA) is 9.23 Å². The highest BCUT2D eigenvalue weighted by Gasteiger charge is 2.16. The molecule has 3 rings (SSSR count). The SMILES string of the molecule is Fc1cccc2c1CCc1ccccc1O2. The van der Waals surface area contributed by atoms with Gasteiger partial charge in [-0.15, -0.1) is 0 Å². The molecule has 16 heavy (non-hydrogen) atoms. The monoisotopic (exact) mass is 214 g/mol. The number of para-hydroxylation sites is 1. The average Bonchev–Trinajstić information content (AvgIpc) is 2.48. The molecule has 0 aliphatic carbocycles. The minimum absolute atomic E-state index is 0.176. The standard InChI is InChI=1S/C14H11FO/c15-12-5-3-7-14-11(12)9-8-10-4-1-2-6-13(10)16-14/h1-7H,8-9H2. The zero-order valence-corrected chi connectivity index (χ0v) is 8.74. The Labute approximate surface area is 93.5 Å². The number of fused-ring (bicyclic) bond motifs is 2. The molecule has 1 aliphatic heterocycles. The predicted octanol–water partition coefficient (Wildman–Crippen LogP) is 3.72. The first-order valence-corrected chi connectivity index (χ1v) is 5.38. The van der Waals surface area contributed by atoms with Crippen LogP contribution in [0, 0.1) is 5.82 Å². The van der Waals surface area contributed by atoms with E-state index >= 15 is 0 Å². The fraction of sp³-hybridized carbons (Fsp3) is 0.143. The highest BCUT2D eigenvalue weighted by atomic mass is 19.1. The second kappa shape index (κ2) is 3.63. The molecule has 2 aromatic rings. The summed E-state index contributed by atoms with van der Waals surface area (Å²) in [5.41, 5.74) is 1.82. The Morgan fingerprint density at radius 2 is 1.69 bits per heavy atom. The normalized spacial score (nSPS) is 13.3. The molecular weight excluding hydrogens is 203 g/mol. The van der Waals surface area contributed by atoms with Gasteiger partial charge in [0, 0.05) is 5.56 Å². The van der Waals surface area contributed by atoms with Crippen molar-refractivity contribution in [3.8, 4) is 11.5 Å². The molecular formula is C14H11FO. The maximum Gasteiger partial charge on any atom is 0.133 e. The summed E-state index contributed by atoms with van der Waals surface area (Å²) in [6, 6.07) is 12.9. The Bertz CT molecular complexity index is 534. The van der Waals surface area contributed by atoms with Gasteiger partial charge in [0.2, 0.25) is 0 Å². The summed E-state index contributed by atoms with van der Waals surface area (Å²) in [7, 11) is 0. The molecule has 0 aromatic heterocycles. The van der Waals surface area contributed by atoms with Gasteiger partial charge in [-0.05, 0) is 36.6 Å². The number of benzene rings is 2. The summed E-state index contributed by atoms with van der Waals surface area (Å²) < 4.78 is 19.3. The largest absolute Gasteiger partial charge is 0.457 e. The molecule has 0 bridgehead atoms. The molecule has 2 heteroatoms. The molecule has 0 amide bonds. The van der Waals surface area contributed by atoms with E-state index in [1.807, 2.05) is 30.3 Å². The zero-order valence-electron chi connectivity index (χ0n) is 8.74. The van der Waals surface area contributed by atoms with Gasteiger partial charge in [0.1, 0.15) is 17.3 Å². The van der Waals surface area contributed by atoms with E-state index in [9.17, 15) is 4.39 Å². The van der Waals surface area contributed by atoms with E-state index in [2.05, 4.69) is 0 Å². The number of hydrogen-bond donors (Lipinski definition) is 0. The van der Waals surface area contributed by atoms with Gasteiger partial charge in [0.15, 0.2) is 0 Å². The molecule has 1 aliphatic rings. The van der Waals surface area contributed by atoms with Gasteiger partial charge in [-0.3, -0.25) is 0 Å². The Morgan fingerprint density at radius 3 is 2.62 bits per heavy atom. The van der Waals surface area contributed by atoms with E-state index in [0.29, 0.717) is 17.7 Å². The van der Waals surface area contributed by atoms with Gasteiger partial charge in [-0.25, -0.2) is 4.39 Å². The lowest BCUT2D eigenvalue weighted by Gasteiger charge is -2.08. The lowest BCUT2D eigenvalue weighted by atomic mass is 10.0. The van der Waals surface area contributed by atoms with Crippen molar-refractivity contribution in [2.24, 2.45) is 0 Å². The van der Waals surface area contributed by atoms with Crippen molar-refractivity contribution >= 4 is 0 Å². The summed E-state index contributed by atoms with van der Waals surface area (Å²) in [4.78, 5) is 0. The zero-order chi connectivity index (χ0) is 11.0. The molecule has 0 spiro atoms. The number of aryl methyl sites for hydroxylation is 1. The molecule has 0 radical (unpaired) electrons. The minimum atomic E-state index is -0.176. The smallest absolute Gasteiger partial charge is 0.133 e. The van der Waals surface area contributed by atoms with Gasteiger partial charge in [-0.2, -0.15) is 0 Å². The Kier molecular flexibility index (Phi) is 2.13. The second-order valence-corrected chi connectivity index (χ2v) is 3.93. The second-order valence-electron chi connectivity index (χ2n) is 3.93. The van der Waals surface area contributed by atoms with Gasteiger partial charge < -0.3 is 4.74 Å². The van der Waals surface area contributed by atoms with Gasteiger partial charge >= 0.3 is 0 Å². The van der Waals surface area contributed by atoms with Gasteiger partial charge in [-0.1, -0.05) is 24.3 Å². The van der Waals surface area contributed by atoms with Crippen molar-refractivity contribution in [3.05, 3.63) is 59.4 Å². The van der Waals surface area contributed by atoms with Crippen LogP contribution in [0.2, 0.25) is 0 Å². The molecule has 1 nitrogen and oxygen atoms in total. The molecule has 0 saturated carbocycles. The van der Waals surface area contributed by atoms with Crippen LogP contribution >= 0.6 is 0 Å². The minimum Gasteiger partial charge on any atom is -0.457 e. The van der Waals surface area contributed by atoms with Crippen molar-refractivity contribution in [2.45, 2.75) is 12.8 Å². The summed E-state index contributed by atoms with van der Waals surface area (Å²) in [5, 5.41) is 0. The highest BCUT2D eigenvalue weighted by molar-refractivity contribution is 5.45. The Balaban J connectivity index is 2.12. The van der Waals surface area contributed by atoms with Crippen LogP contribution < -0.4 is 4.74 Å². The maximum atomic E-state index is 13.6. The van der Waals surface area contributed by atoms with Crippen LogP contribution in [0.15, 0.2) is 42.5 Å². The van der Waals surface area contributed by atoms with Gasteiger partial charge in [0.25, 0.3) is 0 Å². The third-order valence-electron chi connectivity index (χ3n) is 2.91. The highest BCUT2D eigenvalue weighted by Crippen LogP contribution is 2.34. The fourth-order valence-corrected chi connectivity index (χ4v) is 2.07. The van der Waals surface area contributed by atoms with Crippen LogP contribution in [-0.4, -0.2) is 0 Å². The van der Waals surface area contributed by atoms with Crippen LogP contribution in [0.25, 0.3) is 0 Å². The maximum absolute atomic E-state index is 13.6. The van der Waals surface area contributed by atoms with E-state index in [1.54, 1.807) is 6.07 Å². The van der Waals surface area contributed by atoms with Gasteiger partial charge in [0.05, 0.1) is 0 Å². The fourth-order valence-electron chi connectivity index (χ4n) is 2.07. The molecule has 0 saturated heterocycles. The molecule has 80 valence electrons. The molecule has 2 aromatic carbocycles. The van der Waals surface area contributed by atoms with E-state index in [0.717, 1.165) is 17.7 Å². The third-order valence-corrected chi connectivity index (χ3v) is 2.91. The first kappa shape index (κ1) is 9.40. The number of ether oxygens (including phenoxy) is 1. The molecule has 0 fully saturated rings. The quantitative estimate of drug-likeness (QED) is 0.649. The average molecular weight is 214 g/mol. The number of rotatable bonds is 0. The Hall–Kier alpha value is -1.83. The van der Waals surface area contributed by atoms with Crippen LogP contribution in [0.5, 0.6) is 11.5 Å². The van der Waals surface area contributed by atoms with Crippen molar-refractivity contribution < 1.29 is 9.13 Å². The molecule has 1 heterocycles. The van der Waals surface area contributed by atoms with Crippen molar-refractivity contribution in [1.82, 2.24) is 0 Å². The summed E-state index contributed by atoms with van der Waals surface area (Å²) in [6.45, 7) is 0. The first-order valence-electron chi connectivity index (χ1n) is 5.38. The van der Waals surface area contributed by atoms with E-state index in [1.165, 1.54) is 6.07 Å². The Morgan fingerprint density at radius 1 is 0.875 bits per heavy atom. The molecule has 0 atom stereocenters. The number of hydrogen-bond acceptors (Lipinski definition) is 1. The first-order chi connectivity index (χ1) is 7.84. The van der Waals surface area contributed by atoms with Crippen molar-refractivity contribution in [3.63, 3.8) is 0 Å². The van der Waals surface area contributed by atoms with E-state index in [4.69, 9.17) is 4.74 Å². The van der Waals surface area contributed by atoms with E-state index < -0.39 is 0 Å².